The summed E-state index contributed by atoms with van der Waals surface area (Å²) in [5.41, 5.74) is 4.08. The number of carbonyl (C=O) groups excluding carboxylic acids is 4. The fourth-order valence-corrected chi connectivity index (χ4v) is 6.13. The molecule has 3 amide bonds. The average molecular weight is 690 g/mol. The van der Waals surface area contributed by atoms with Crippen molar-refractivity contribution in [2.45, 2.75) is 45.4 Å². The maximum absolute atomic E-state index is 14.7. The van der Waals surface area contributed by atoms with E-state index in [1.165, 1.54) is 11.8 Å². The number of fused-ring (bicyclic) bond motifs is 2. The Morgan fingerprint density at radius 1 is 0.880 bits per heavy atom. The fraction of sp³-hybridized carbons (Fsp3) is 0.211. The maximum Gasteiger partial charge on any atom is 0.258 e. The highest BCUT2D eigenvalue weighted by molar-refractivity contribution is 6.13. The number of ketones is 1. The van der Waals surface area contributed by atoms with Crippen LogP contribution >= 0.6 is 12.4 Å². The molecule has 1 unspecified atom stereocenters. The first-order valence-electron chi connectivity index (χ1n) is 15.9. The lowest BCUT2D eigenvalue weighted by molar-refractivity contribution is -0.128. The lowest BCUT2D eigenvalue weighted by Crippen LogP contribution is -2.59. The monoisotopic (exact) mass is 689 g/mol. The molecule has 4 aromatic carbocycles. The Labute approximate surface area is 295 Å². The van der Waals surface area contributed by atoms with E-state index < -0.39 is 35.8 Å². The summed E-state index contributed by atoms with van der Waals surface area (Å²) in [6, 6.07) is 27.9. The summed E-state index contributed by atoms with van der Waals surface area (Å²) in [6.07, 6.45) is 0. The van der Waals surface area contributed by atoms with E-state index in [-0.39, 0.29) is 24.7 Å². The van der Waals surface area contributed by atoms with Crippen molar-refractivity contribution >= 4 is 58.2 Å². The Balaban J connectivity index is 0.00000486. The van der Waals surface area contributed by atoms with Crippen molar-refractivity contribution in [1.29, 1.82) is 5.26 Å². The summed E-state index contributed by atoms with van der Waals surface area (Å²) in [4.78, 5) is 57.4. The fourth-order valence-electron chi connectivity index (χ4n) is 6.13. The molecule has 1 aliphatic rings. The molecule has 6 rings (SSSR count). The van der Waals surface area contributed by atoms with Gasteiger partial charge in [-0.2, -0.15) is 10.4 Å². The molecule has 0 bridgehead atoms. The third kappa shape index (κ3) is 6.46. The molecule has 0 radical (unpaired) electrons. The molecule has 2 N–H and O–H groups in total. The van der Waals surface area contributed by atoms with Crippen molar-refractivity contribution in [1.82, 2.24) is 20.4 Å². The molecule has 50 heavy (non-hydrogen) atoms. The van der Waals surface area contributed by atoms with Gasteiger partial charge in [0.15, 0.2) is 5.78 Å². The molecule has 254 valence electrons. The lowest BCUT2D eigenvalue weighted by Gasteiger charge is -2.32. The number of aromatic nitrogens is 2. The highest BCUT2D eigenvalue weighted by atomic mass is 35.5. The molecule has 11 nitrogen and oxygen atoms in total. The lowest BCUT2D eigenvalue weighted by atomic mass is 10.0. The minimum absolute atomic E-state index is 0. The zero-order valence-corrected chi connectivity index (χ0v) is 28.8. The van der Waals surface area contributed by atoms with E-state index in [0.717, 1.165) is 10.9 Å². The summed E-state index contributed by atoms with van der Waals surface area (Å²) in [5.74, 6) is -1.34. The number of nitrogens with one attached hydrogen (secondary N) is 2. The SMILES string of the molecule is CNC(C)C(=O)N[C@@H]1C(=O)N(Cc2nn(-c3ccccc3C#N)c3ccccc23)c2ccccc2N(C(=O)c2ccc(C(C)=O)cc2)[C@H]1C.Cl. The second kappa shape index (κ2) is 14.7. The predicted molar refractivity (Wildman–Crippen MR) is 194 cm³/mol. The zero-order chi connectivity index (χ0) is 34.8. The van der Waals surface area contributed by atoms with Crippen molar-refractivity contribution in [3.05, 3.63) is 119 Å². The third-order valence-corrected chi connectivity index (χ3v) is 8.96. The second-order valence-corrected chi connectivity index (χ2v) is 12.0. The van der Waals surface area contributed by atoms with Crippen LogP contribution in [0.1, 0.15) is 52.7 Å². The van der Waals surface area contributed by atoms with Gasteiger partial charge in [0.2, 0.25) is 5.91 Å². The van der Waals surface area contributed by atoms with Gasteiger partial charge in [-0.3, -0.25) is 19.2 Å². The van der Waals surface area contributed by atoms with Crippen LogP contribution in [0.3, 0.4) is 0 Å². The van der Waals surface area contributed by atoms with E-state index in [1.807, 2.05) is 36.4 Å². The number of carbonyl (C=O) groups is 4. The largest absolute Gasteiger partial charge is 0.341 e. The van der Waals surface area contributed by atoms with Gasteiger partial charge in [0.05, 0.1) is 52.5 Å². The summed E-state index contributed by atoms with van der Waals surface area (Å²) in [5, 5.41) is 21.4. The van der Waals surface area contributed by atoms with Crippen LogP contribution in [0.15, 0.2) is 97.1 Å². The van der Waals surface area contributed by atoms with Gasteiger partial charge >= 0.3 is 0 Å². The van der Waals surface area contributed by atoms with Crippen LogP contribution in [0.2, 0.25) is 0 Å². The Morgan fingerprint density at radius 3 is 2.14 bits per heavy atom. The van der Waals surface area contributed by atoms with Crippen molar-refractivity contribution in [3.63, 3.8) is 0 Å². The van der Waals surface area contributed by atoms with E-state index >= 15 is 0 Å². The first-order chi connectivity index (χ1) is 23.6. The van der Waals surface area contributed by atoms with Crippen LogP contribution in [0.4, 0.5) is 11.4 Å². The van der Waals surface area contributed by atoms with E-state index in [1.54, 1.807) is 91.1 Å². The molecule has 0 saturated heterocycles. The van der Waals surface area contributed by atoms with Crippen molar-refractivity contribution in [2.75, 3.05) is 16.8 Å². The topological polar surface area (TPSA) is 140 Å². The van der Waals surface area contributed by atoms with E-state index in [4.69, 9.17) is 5.10 Å². The molecule has 5 aromatic rings. The van der Waals surface area contributed by atoms with Gasteiger partial charge in [0.25, 0.3) is 11.8 Å². The average Bonchev–Trinajstić information content (AvgIpc) is 3.46. The molecule has 3 atom stereocenters. The minimum atomic E-state index is -1.14. The van der Waals surface area contributed by atoms with Crippen LogP contribution in [-0.4, -0.2) is 58.5 Å². The number of nitriles is 1. The molecular weight excluding hydrogens is 654 g/mol. The minimum Gasteiger partial charge on any atom is -0.341 e. The standard InChI is InChI=1S/C38H35N7O4.ClH/c1-23(40-4)36(47)41-35-24(2)44(37(48)27-19-17-26(18-20-27)25(3)46)34-16-10-9-15-33(34)43(38(35)49)22-30-29-12-6-8-14-32(29)45(42-30)31-13-7-5-11-28(31)21-39;/h5-20,23-24,35,40H,22H2,1-4H3,(H,41,47);1H/t23?,24-,35-;/m0./s1. The molecule has 0 fully saturated rings. The Bertz CT molecular complexity index is 2140. The molecule has 0 spiro atoms. The number of hydrogen-bond donors (Lipinski definition) is 2. The zero-order valence-electron chi connectivity index (χ0n) is 28.0. The first kappa shape index (κ1) is 35.5. The quantitative estimate of drug-likeness (QED) is 0.214. The second-order valence-electron chi connectivity index (χ2n) is 12.0. The third-order valence-electron chi connectivity index (χ3n) is 8.96. The van der Waals surface area contributed by atoms with Crippen LogP contribution < -0.4 is 20.4 Å². The first-order valence-corrected chi connectivity index (χ1v) is 15.9. The van der Waals surface area contributed by atoms with Crippen molar-refractivity contribution in [2.24, 2.45) is 0 Å². The molecular formula is C38H36ClN7O4. The van der Waals surface area contributed by atoms with Crippen LogP contribution in [0.25, 0.3) is 16.6 Å². The van der Waals surface area contributed by atoms with Gasteiger partial charge in [0, 0.05) is 16.5 Å². The molecule has 0 saturated carbocycles. The number of anilines is 2. The van der Waals surface area contributed by atoms with Crippen molar-refractivity contribution in [3.8, 4) is 11.8 Å². The highest BCUT2D eigenvalue weighted by Crippen LogP contribution is 2.38. The van der Waals surface area contributed by atoms with E-state index in [0.29, 0.717) is 39.4 Å². The summed E-state index contributed by atoms with van der Waals surface area (Å²) >= 11 is 0. The number of rotatable bonds is 8. The number of hydrogen-bond acceptors (Lipinski definition) is 7. The Kier molecular flexibility index (Phi) is 10.5. The Morgan fingerprint density at radius 2 is 1.48 bits per heavy atom. The number of likely N-dealkylation sites (N-methyl/N-ethyl adjacent to an activating group) is 1. The van der Waals surface area contributed by atoms with Crippen LogP contribution in [-0.2, 0) is 16.1 Å². The normalized spacial score (nSPS) is 16.1. The van der Waals surface area contributed by atoms with Crippen molar-refractivity contribution < 1.29 is 19.2 Å². The number of halogens is 1. The Hall–Kier alpha value is -5.83. The maximum atomic E-state index is 14.7. The van der Waals surface area contributed by atoms with E-state index in [2.05, 4.69) is 16.7 Å². The number of Topliss-reactive ketones (excluding diaryl/α,β-unsaturated/α-hetero) is 1. The van der Waals surface area contributed by atoms with Gasteiger partial charge in [-0.15, -0.1) is 12.4 Å². The number of para-hydroxylation sites is 4. The summed E-state index contributed by atoms with van der Waals surface area (Å²) in [7, 11) is 1.65. The van der Waals surface area contributed by atoms with Gasteiger partial charge in [-0.1, -0.05) is 54.6 Å². The van der Waals surface area contributed by atoms with Gasteiger partial charge in [-0.25, -0.2) is 4.68 Å². The van der Waals surface area contributed by atoms with Gasteiger partial charge in [-0.05, 0) is 70.3 Å². The number of nitrogens with zero attached hydrogens (tertiary/aromatic N) is 5. The van der Waals surface area contributed by atoms with E-state index in [9.17, 15) is 24.4 Å². The predicted octanol–water partition coefficient (Wildman–Crippen LogP) is 5.20. The molecule has 0 aliphatic carbocycles. The van der Waals surface area contributed by atoms with Gasteiger partial charge < -0.3 is 20.4 Å². The molecule has 2 heterocycles. The van der Waals surface area contributed by atoms with Crippen LogP contribution in [0.5, 0.6) is 0 Å². The summed E-state index contributed by atoms with van der Waals surface area (Å²) in [6.45, 7) is 4.88. The molecule has 1 aromatic heterocycles. The molecule has 12 heteroatoms. The number of amides is 3. The molecule has 1 aliphatic heterocycles. The summed E-state index contributed by atoms with van der Waals surface area (Å²) < 4.78 is 1.70. The highest BCUT2D eigenvalue weighted by Gasteiger charge is 2.43. The van der Waals surface area contributed by atoms with Gasteiger partial charge in [0.1, 0.15) is 12.1 Å². The van der Waals surface area contributed by atoms with Crippen LogP contribution in [0, 0.1) is 11.3 Å². The number of benzene rings is 4. The smallest absolute Gasteiger partial charge is 0.258 e.